The summed E-state index contributed by atoms with van der Waals surface area (Å²) < 4.78 is 56.4. The quantitative estimate of drug-likeness (QED) is 0.348. The minimum atomic E-state index is -4.47. The molecule has 0 aliphatic heterocycles. The fourth-order valence-corrected chi connectivity index (χ4v) is 4.56. The number of carbonyl (C=O) groups is 2. The number of nitrogens with one attached hydrogen (secondary N) is 1. The van der Waals surface area contributed by atoms with Gasteiger partial charge in [-0.1, -0.05) is 25.6 Å². The number of carboxylic acids is 1. The van der Waals surface area contributed by atoms with E-state index in [1.165, 1.54) is 48.3 Å². The summed E-state index contributed by atoms with van der Waals surface area (Å²) in [5.74, 6) is -1.07. The van der Waals surface area contributed by atoms with Crippen LogP contribution in [0.15, 0.2) is 69.6 Å². The molecule has 0 spiro atoms. The number of rotatable bonds is 10. The molecule has 0 aliphatic rings. The highest BCUT2D eigenvalue weighted by Gasteiger charge is 2.35. The summed E-state index contributed by atoms with van der Waals surface area (Å²) >= 11 is 0.919. The number of nitrogens with zero attached hydrogens (tertiary/aromatic N) is 2. The van der Waals surface area contributed by atoms with Crippen LogP contribution < -0.4 is 25.5 Å². The Morgan fingerprint density at radius 1 is 1.05 bits per heavy atom. The lowest BCUT2D eigenvalue weighted by molar-refractivity contribution is -0.311. The maximum absolute atomic E-state index is 13.2. The third-order valence-electron chi connectivity index (χ3n) is 5.91. The molecule has 1 amide bonds. The van der Waals surface area contributed by atoms with Gasteiger partial charge in [-0.2, -0.15) is 13.2 Å². The average Bonchev–Trinajstić information content (AvgIpc) is 2.90. The monoisotopic (exact) mass is 622 g/mol. The number of ether oxygens (including phenoxy) is 3. The standard InChI is InChI=1S/C29H32F3N3O7S/c1-27(2,3)42-26(39)34-22(25(37)38)28(4,5)16-41-20-12-9-18(15-21(20)40-6)35-14-13-33-23(24(35)36)43-19-10-7-17(8-11-19)29(30,31)32/h7-15,22H,16H2,1-6H3,(H,34,39)(H,37,38)/p-1. The van der Waals surface area contributed by atoms with Crippen LogP contribution in [0.5, 0.6) is 11.5 Å². The van der Waals surface area contributed by atoms with Gasteiger partial charge in [0.1, 0.15) is 5.60 Å². The summed E-state index contributed by atoms with van der Waals surface area (Å²) in [5.41, 5.74) is -2.94. The first-order valence-corrected chi connectivity index (χ1v) is 13.7. The Morgan fingerprint density at radius 2 is 1.70 bits per heavy atom. The van der Waals surface area contributed by atoms with E-state index in [9.17, 15) is 32.7 Å². The summed E-state index contributed by atoms with van der Waals surface area (Å²) in [6.07, 6.45) is -2.59. The second-order valence-corrected chi connectivity index (χ2v) is 12.1. The van der Waals surface area contributed by atoms with E-state index in [2.05, 4.69) is 10.3 Å². The average molecular weight is 623 g/mol. The predicted octanol–water partition coefficient (Wildman–Crippen LogP) is 4.46. The second-order valence-electron chi connectivity index (χ2n) is 11.0. The van der Waals surface area contributed by atoms with Gasteiger partial charge in [-0.25, -0.2) is 9.78 Å². The van der Waals surface area contributed by atoms with Crippen LogP contribution in [0.2, 0.25) is 0 Å². The summed E-state index contributed by atoms with van der Waals surface area (Å²) in [6.45, 7) is 7.88. The van der Waals surface area contributed by atoms with Gasteiger partial charge < -0.3 is 29.4 Å². The molecule has 2 aromatic carbocycles. The summed E-state index contributed by atoms with van der Waals surface area (Å²) in [7, 11) is 1.38. The normalized spacial score (nSPS) is 12.8. The maximum Gasteiger partial charge on any atom is 0.416 e. The number of aliphatic carboxylic acids is 1. The van der Waals surface area contributed by atoms with E-state index in [4.69, 9.17) is 14.2 Å². The Bertz CT molecular complexity index is 1520. The van der Waals surface area contributed by atoms with Gasteiger partial charge >= 0.3 is 12.3 Å². The van der Waals surface area contributed by atoms with Crippen LogP contribution in [0.25, 0.3) is 5.69 Å². The van der Waals surface area contributed by atoms with Crippen LogP contribution in [0.1, 0.15) is 40.2 Å². The first kappa shape index (κ1) is 33.3. The zero-order valence-electron chi connectivity index (χ0n) is 24.3. The number of aromatic nitrogens is 2. The summed E-state index contributed by atoms with van der Waals surface area (Å²) in [5, 5.41) is 14.2. The lowest BCUT2D eigenvalue weighted by Crippen LogP contribution is -2.57. The molecule has 3 aromatic rings. The predicted molar refractivity (Wildman–Crippen MR) is 149 cm³/mol. The van der Waals surface area contributed by atoms with Gasteiger partial charge in [-0.3, -0.25) is 9.36 Å². The van der Waals surface area contributed by atoms with Crippen molar-refractivity contribution in [1.29, 1.82) is 0 Å². The number of hydrogen-bond acceptors (Lipinski definition) is 9. The van der Waals surface area contributed by atoms with Crippen LogP contribution in [0.3, 0.4) is 0 Å². The molecule has 1 atom stereocenters. The molecule has 43 heavy (non-hydrogen) atoms. The van der Waals surface area contributed by atoms with E-state index in [0.717, 1.165) is 23.9 Å². The molecule has 0 bridgehead atoms. The first-order chi connectivity index (χ1) is 19.9. The minimum Gasteiger partial charge on any atom is -0.548 e. The molecule has 14 heteroatoms. The van der Waals surface area contributed by atoms with Gasteiger partial charge in [0.05, 0.1) is 37.0 Å². The molecule has 3 rings (SSSR count). The van der Waals surface area contributed by atoms with Crippen molar-refractivity contribution < 1.29 is 42.1 Å². The molecule has 0 radical (unpaired) electrons. The van der Waals surface area contributed by atoms with Crippen LogP contribution in [0.4, 0.5) is 18.0 Å². The number of amides is 1. The molecular weight excluding hydrogens is 591 g/mol. The van der Waals surface area contributed by atoms with Crippen molar-refractivity contribution in [3.8, 4) is 17.2 Å². The van der Waals surface area contributed by atoms with E-state index in [-0.39, 0.29) is 23.1 Å². The largest absolute Gasteiger partial charge is 0.548 e. The van der Waals surface area contributed by atoms with Gasteiger partial charge in [0.25, 0.3) is 5.56 Å². The van der Waals surface area contributed by atoms with Crippen molar-refractivity contribution in [1.82, 2.24) is 14.9 Å². The maximum atomic E-state index is 13.2. The smallest absolute Gasteiger partial charge is 0.416 e. The van der Waals surface area contributed by atoms with Crippen LogP contribution in [-0.4, -0.2) is 47.0 Å². The second kappa shape index (κ2) is 13.0. The van der Waals surface area contributed by atoms with E-state index < -0.39 is 46.4 Å². The lowest BCUT2D eigenvalue weighted by Gasteiger charge is -2.35. The molecule has 0 aliphatic carbocycles. The molecular formula is C29H31F3N3O7S-. The van der Waals surface area contributed by atoms with Gasteiger partial charge in [0.2, 0.25) is 0 Å². The zero-order chi connectivity index (χ0) is 32.2. The van der Waals surface area contributed by atoms with Crippen molar-refractivity contribution >= 4 is 23.8 Å². The Morgan fingerprint density at radius 3 is 2.26 bits per heavy atom. The summed E-state index contributed by atoms with van der Waals surface area (Å²) in [6, 6.07) is 7.53. The number of alkyl halides is 3. The van der Waals surface area contributed by atoms with Gasteiger partial charge in [0.15, 0.2) is 16.5 Å². The highest BCUT2D eigenvalue weighted by Crippen LogP contribution is 2.33. The Hall–Kier alpha value is -4.20. The highest BCUT2D eigenvalue weighted by atomic mass is 32.2. The molecule has 1 heterocycles. The van der Waals surface area contributed by atoms with Crippen molar-refractivity contribution in [2.24, 2.45) is 5.41 Å². The molecule has 0 saturated heterocycles. The van der Waals surface area contributed by atoms with Crippen molar-refractivity contribution in [3.63, 3.8) is 0 Å². The number of hydrogen-bond donors (Lipinski definition) is 1. The van der Waals surface area contributed by atoms with E-state index in [0.29, 0.717) is 10.6 Å². The van der Waals surface area contributed by atoms with Crippen LogP contribution in [-0.2, 0) is 15.7 Å². The lowest BCUT2D eigenvalue weighted by atomic mass is 9.85. The van der Waals surface area contributed by atoms with E-state index >= 15 is 0 Å². The fourth-order valence-electron chi connectivity index (χ4n) is 3.76. The number of carbonyl (C=O) groups excluding carboxylic acids is 2. The number of halogens is 3. The third kappa shape index (κ3) is 8.89. The molecule has 1 N–H and O–H groups in total. The number of alkyl carbamates (subject to hydrolysis) is 1. The Balaban J connectivity index is 1.79. The van der Waals surface area contributed by atoms with Gasteiger partial charge in [-0.15, -0.1) is 0 Å². The SMILES string of the molecule is COc1cc(-n2ccnc(Sc3ccc(C(F)(F)F)cc3)c2=O)ccc1OCC(C)(C)C(NC(=O)OC(C)(C)C)C(=O)[O-]. The fraction of sp³-hybridized carbons (Fsp3) is 0.379. The minimum absolute atomic E-state index is 0.0362. The van der Waals surface area contributed by atoms with E-state index in [1.807, 2.05) is 0 Å². The molecule has 0 saturated carbocycles. The van der Waals surface area contributed by atoms with Crippen LogP contribution in [0, 0.1) is 5.41 Å². The molecule has 1 aromatic heterocycles. The Labute approximate surface area is 250 Å². The van der Waals surface area contributed by atoms with Gasteiger partial charge in [0, 0.05) is 28.8 Å². The van der Waals surface area contributed by atoms with Crippen molar-refractivity contribution in [3.05, 3.63) is 70.8 Å². The van der Waals surface area contributed by atoms with Crippen molar-refractivity contribution in [2.45, 2.75) is 62.4 Å². The highest BCUT2D eigenvalue weighted by molar-refractivity contribution is 7.99. The molecule has 10 nitrogen and oxygen atoms in total. The molecule has 232 valence electrons. The number of methoxy groups -OCH3 is 1. The molecule has 1 unspecified atom stereocenters. The zero-order valence-corrected chi connectivity index (χ0v) is 25.1. The third-order valence-corrected chi connectivity index (χ3v) is 6.89. The van der Waals surface area contributed by atoms with Crippen molar-refractivity contribution in [2.75, 3.05) is 13.7 Å². The molecule has 0 fully saturated rings. The Kier molecular flexibility index (Phi) is 10.1. The number of benzene rings is 2. The summed E-state index contributed by atoms with van der Waals surface area (Å²) in [4.78, 5) is 41.7. The van der Waals surface area contributed by atoms with E-state index in [1.54, 1.807) is 40.7 Å². The van der Waals surface area contributed by atoms with Crippen LogP contribution >= 0.6 is 11.8 Å². The topological polar surface area (TPSA) is 132 Å². The number of carboxylic acid groups (broad SMARTS) is 1. The van der Waals surface area contributed by atoms with Gasteiger partial charge in [-0.05, 0) is 57.2 Å². The first-order valence-electron chi connectivity index (χ1n) is 12.9.